The summed E-state index contributed by atoms with van der Waals surface area (Å²) in [5.74, 6) is -3.68. The Morgan fingerprint density at radius 3 is 1.61 bits per heavy atom. The van der Waals surface area contributed by atoms with Gasteiger partial charge >= 0.3 is 17.9 Å². The summed E-state index contributed by atoms with van der Waals surface area (Å²) in [7, 11) is 0. The van der Waals surface area contributed by atoms with Crippen molar-refractivity contribution in [2.24, 2.45) is 17.4 Å². The van der Waals surface area contributed by atoms with Gasteiger partial charge in [0, 0.05) is 0 Å². The first kappa shape index (κ1) is 29.3. The van der Waals surface area contributed by atoms with E-state index in [0.717, 1.165) is 38.5 Å². The lowest BCUT2D eigenvalue weighted by Crippen LogP contribution is -2.64. The molecule has 31 heavy (non-hydrogen) atoms. The maximum atomic E-state index is 13.0. The second-order valence-corrected chi connectivity index (χ2v) is 7.91. The van der Waals surface area contributed by atoms with Crippen molar-refractivity contribution in [3.63, 3.8) is 0 Å². The number of hydrogen-bond acceptors (Lipinski definition) is 8. The van der Waals surface area contributed by atoms with Gasteiger partial charge in [0.2, 0.25) is 5.54 Å². The molecule has 0 saturated carbocycles. The van der Waals surface area contributed by atoms with Crippen LogP contribution in [0.3, 0.4) is 0 Å². The molecule has 0 aromatic heterocycles. The number of esters is 3. The Morgan fingerprint density at radius 1 is 0.710 bits per heavy atom. The Hall–Kier alpha value is -1.67. The average molecular weight is 445 g/mol. The predicted molar refractivity (Wildman–Crippen MR) is 120 cm³/mol. The summed E-state index contributed by atoms with van der Waals surface area (Å²) < 4.78 is 15.9. The summed E-state index contributed by atoms with van der Waals surface area (Å²) in [6.07, 6.45) is 7.86. The van der Waals surface area contributed by atoms with E-state index in [2.05, 4.69) is 0 Å². The van der Waals surface area contributed by atoms with E-state index in [1.807, 2.05) is 20.8 Å². The zero-order chi connectivity index (χ0) is 23.5. The van der Waals surface area contributed by atoms with E-state index < -0.39 is 29.4 Å². The molecule has 4 N–H and O–H groups in total. The first-order valence-corrected chi connectivity index (χ1v) is 11.9. The number of ether oxygens (including phenoxy) is 3. The highest BCUT2D eigenvalue weighted by Crippen LogP contribution is 2.27. The van der Waals surface area contributed by atoms with Gasteiger partial charge in [-0.25, -0.2) is 9.59 Å². The van der Waals surface area contributed by atoms with Crippen LogP contribution in [0.15, 0.2) is 0 Å². The number of rotatable bonds is 19. The molecule has 0 amide bonds. The zero-order valence-electron chi connectivity index (χ0n) is 19.8. The fraction of sp³-hybridized carbons (Fsp3) is 0.870. The Bertz CT molecular complexity index is 490. The van der Waals surface area contributed by atoms with Gasteiger partial charge in [-0.3, -0.25) is 4.79 Å². The SMILES string of the molecule is CCCCOC(=O)C(CCCCCCN)C(N)(C(=O)OCCCC)C(=O)OCCCC. The Morgan fingerprint density at radius 2 is 1.16 bits per heavy atom. The highest BCUT2D eigenvalue weighted by Gasteiger charge is 2.55. The van der Waals surface area contributed by atoms with Crippen LogP contribution < -0.4 is 11.5 Å². The van der Waals surface area contributed by atoms with E-state index in [1.54, 1.807) is 0 Å². The van der Waals surface area contributed by atoms with Gasteiger partial charge in [0.15, 0.2) is 0 Å². The number of unbranched alkanes of at least 4 members (excludes halogenated alkanes) is 6. The summed E-state index contributed by atoms with van der Waals surface area (Å²) in [6.45, 7) is 6.96. The molecule has 8 nitrogen and oxygen atoms in total. The van der Waals surface area contributed by atoms with E-state index in [4.69, 9.17) is 25.7 Å². The molecule has 0 aliphatic heterocycles. The molecular formula is C23H44N2O6. The van der Waals surface area contributed by atoms with Crippen molar-refractivity contribution < 1.29 is 28.6 Å². The molecule has 1 unspecified atom stereocenters. The molecule has 0 fully saturated rings. The average Bonchev–Trinajstić information content (AvgIpc) is 2.76. The van der Waals surface area contributed by atoms with Gasteiger partial charge in [-0.1, -0.05) is 59.3 Å². The Labute approximate surface area is 187 Å². The van der Waals surface area contributed by atoms with Crippen LogP contribution in [-0.2, 0) is 28.6 Å². The van der Waals surface area contributed by atoms with Crippen LogP contribution in [0.25, 0.3) is 0 Å². The smallest absolute Gasteiger partial charge is 0.338 e. The van der Waals surface area contributed by atoms with Crippen LogP contribution in [0.1, 0.15) is 91.4 Å². The molecular weight excluding hydrogens is 400 g/mol. The van der Waals surface area contributed by atoms with Gasteiger partial charge in [-0.05, 0) is 38.6 Å². The molecule has 182 valence electrons. The lowest BCUT2D eigenvalue weighted by molar-refractivity contribution is -0.175. The van der Waals surface area contributed by atoms with Crippen LogP contribution >= 0.6 is 0 Å². The van der Waals surface area contributed by atoms with Crippen LogP contribution in [-0.4, -0.2) is 49.8 Å². The Balaban J connectivity index is 5.63. The summed E-state index contributed by atoms with van der Waals surface area (Å²) in [5, 5.41) is 0. The van der Waals surface area contributed by atoms with Gasteiger partial charge in [0.1, 0.15) is 0 Å². The lowest BCUT2D eigenvalue weighted by atomic mass is 9.80. The summed E-state index contributed by atoms with van der Waals surface area (Å²) in [4.78, 5) is 38.8. The fourth-order valence-corrected chi connectivity index (χ4v) is 3.02. The molecule has 0 aromatic rings. The summed E-state index contributed by atoms with van der Waals surface area (Å²) in [6, 6.07) is 0. The molecule has 0 aliphatic carbocycles. The maximum absolute atomic E-state index is 13.0. The number of carbonyl (C=O) groups is 3. The third kappa shape index (κ3) is 11.0. The minimum atomic E-state index is -2.22. The molecule has 0 radical (unpaired) electrons. The second kappa shape index (κ2) is 18.0. The largest absolute Gasteiger partial charge is 0.465 e. The van der Waals surface area contributed by atoms with Gasteiger partial charge in [0.25, 0.3) is 0 Å². The molecule has 0 rings (SSSR count). The van der Waals surface area contributed by atoms with Gasteiger partial charge in [0.05, 0.1) is 25.7 Å². The molecule has 0 aliphatic rings. The highest BCUT2D eigenvalue weighted by molar-refractivity contribution is 6.08. The minimum Gasteiger partial charge on any atom is -0.465 e. The highest BCUT2D eigenvalue weighted by atomic mass is 16.6. The molecule has 0 bridgehead atoms. The zero-order valence-corrected chi connectivity index (χ0v) is 19.8. The van der Waals surface area contributed by atoms with E-state index >= 15 is 0 Å². The van der Waals surface area contributed by atoms with Gasteiger partial charge in [-0.15, -0.1) is 0 Å². The van der Waals surface area contributed by atoms with Crippen molar-refractivity contribution in [2.45, 2.75) is 96.9 Å². The molecule has 8 heteroatoms. The van der Waals surface area contributed by atoms with Crippen molar-refractivity contribution in [3.05, 3.63) is 0 Å². The third-order valence-corrected chi connectivity index (χ3v) is 5.16. The van der Waals surface area contributed by atoms with E-state index in [0.29, 0.717) is 32.2 Å². The monoisotopic (exact) mass is 444 g/mol. The topological polar surface area (TPSA) is 131 Å². The second-order valence-electron chi connectivity index (χ2n) is 7.91. The van der Waals surface area contributed by atoms with Crippen molar-refractivity contribution in [2.75, 3.05) is 26.4 Å². The lowest BCUT2D eigenvalue weighted by Gasteiger charge is -2.32. The van der Waals surface area contributed by atoms with Crippen LogP contribution in [0.2, 0.25) is 0 Å². The molecule has 0 spiro atoms. The standard InChI is InChI=1S/C23H44N2O6/c1-4-7-16-29-20(26)19(14-12-10-11-13-15-24)23(25,21(27)30-17-8-5-2)22(28)31-18-9-6-3/h19H,4-18,24-25H2,1-3H3. The van der Waals surface area contributed by atoms with Crippen molar-refractivity contribution in [1.29, 1.82) is 0 Å². The van der Waals surface area contributed by atoms with E-state index in [9.17, 15) is 14.4 Å². The van der Waals surface area contributed by atoms with E-state index in [1.165, 1.54) is 0 Å². The van der Waals surface area contributed by atoms with Crippen LogP contribution in [0.5, 0.6) is 0 Å². The van der Waals surface area contributed by atoms with Crippen molar-refractivity contribution >= 4 is 17.9 Å². The third-order valence-electron chi connectivity index (χ3n) is 5.16. The maximum Gasteiger partial charge on any atom is 0.338 e. The minimum absolute atomic E-state index is 0.130. The first-order valence-electron chi connectivity index (χ1n) is 11.9. The van der Waals surface area contributed by atoms with Crippen LogP contribution in [0.4, 0.5) is 0 Å². The summed E-state index contributed by atoms with van der Waals surface area (Å²) >= 11 is 0. The normalized spacial score (nSPS) is 12.3. The number of carbonyl (C=O) groups excluding carboxylic acids is 3. The van der Waals surface area contributed by atoms with Gasteiger partial charge in [-0.2, -0.15) is 0 Å². The first-order chi connectivity index (χ1) is 14.9. The van der Waals surface area contributed by atoms with E-state index in [-0.39, 0.29) is 26.2 Å². The number of nitrogens with two attached hydrogens (primary N) is 2. The summed E-state index contributed by atoms with van der Waals surface area (Å²) in [5.41, 5.74) is 9.68. The molecule has 0 heterocycles. The fourth-order valence-electron chi connectivity index (χ4n) is 3.02. The Kier molecular flexibility index (Phi) is 17.0. The quantitative estimate of drug-likeness (QED) is 0.134. The molecule has 0 aromatic carbocycles. The molecule has 0 saturated heterocycles. The van der Waals surface area contributed by atoms with Crippen molar-refractivity contribution in [1.82, 2.24) is 0 Å². The van der Waals surface area contributed by atoms with Gasteiger partial charge < -0.3 is 25.7 Å². The predicted octanol–water partition coefficient (Wildman–Crippen LogP) is 3.24. The molecule has 1 atom stereocenters. The number of hydrogen-bond donors (Lipinski definition) is 2. The van der Waals surface area contributed by atoms with Crippen LogP contribution in [0, 0.1) is 5.92 Å². The van der Waals surface area contributed by atoms with Crippen molar-refractivity contribution in [3.8, 4) is 0 Å².